The Kier molecular flexibility index (Phi) is 5.70. The van der Waals surface area contributed by atoms with Gasteiger partial charge in [0.05, 0.1) is 18.6 Å². The first-order chi connectivity index (χ1) is 13.0. The van der Waals surface area contributed by atoms with Crippen molar-refractivity contribution in [3.05, 3.63) is 51.2 Å². The van der Waals surface area contributed by atoms with Gasteiger partial charge in [0.1, 0.15) is 11.7 Å². The number of ether oxygens (including phenoxy) is 2. The number of aromatic nitrogens is 2. The largest absolute Gasteiger partial charge is 0.472 e. The number of nitro groups is 1. The maximum atomic E-state index is 12.8. The van der Waals surface area contributed by atoms with Crippen LogP contribution in [0, 0.1) is 10.1 Å². The van der Waals surface area contributed by atoms with Crippen molar-refractivity contribution in [1.29, 1.82) is 0 Å². The van der Waals surface area contributed by atoms with Crippen LogP contribution in [0.25, 0.3) is 0 Å². The molecule has 2 aromatic rings. The highest BCUT2D eigenvalue weighted by Gasteiger charge is 2.30. The zero-order valence-electron chi connectivity index (χ0n) is 14.5. The fourth-order valence-electron chi connectivity index (χ4n) is 2.89. The summed E-state index contributed by atoms with van der Waals surface area (Å²) in [5.41, 5.74) is -0.301. The molecule has 9 nitrogen and oxygen atoms in total. The Morgan fingerprint density at radius 3 is 2.96 bits per heavy atom. The number of nitrogens with zero attached hydrogens (tertiary/aromatic N) is 4. The number of hydrogen-bond donors (Lipinski definition) is 0. The summed E-state index contributed by atoms with van der Waals surface area (Å²) >= 11 is 5.92. The number of benzene rings is 1. The SMILES string of the molecule is COc1nccc(OC2CCCN(C(=O)c3cc(Cl)ccc3[N+](=O)[O-])C2)n1. The second kappa shape index (κ2) is 8.17. The third-order valence-corrected chi connectivity index (χ3v) is 4.36. The molecule has 1 saturated heterocycles. The summed E-state index contributed by atoms with van der Waals surface area (Å²) in [6.45, 7) is 0.768. The number of hydrogen-bond acceptors (Lipinski definition) is 7. The number of carbonyl (C=O) groups is 1. The van der Waals surface area contributed by atoms with Crippen molar-refractivity contribution in [2.45, 2.75) is 18.9 Å². The molecule has 27 heavy (non-hydrogen) atoms. The first-order valence-corrected chi connectivity index (χ1v) is 8.62. The molecule has 1 aliphatic rings. The minimum absolute atomic E-state index is 0.0307. The predicted molar refractivity (Wildman–Crippen MR) is 96.2 cm³/mol. The Morgan fingerprint density at radius 1 is 1.41 bits per heavy atom. The second-order valence-electron chi connectivity index (χ2n) is 5.93. The van der Waals surface area contributed by atoms with Crippen molar-refractivity contribution >= 4 is 23.2 Å². The summed E-state index contributed by atoms with van der Waals surface area (Å²) in [5.74, 6) is -0.104. The topological polar surface area (TPSA) is 108 Å². The summed E-state index contributed by atoms with van der Waals surface area (Å²) in [7, 11) is 1.46. The van der Waals surface area contributed by atoms with Gasteiger partial charge in [-0.1, -0.05) is 11.6 Å². The Labute approximate surface area is 160 Å². The lowest BCUT2D eigenvalue weighted by molar-refractivity contribution is -0.385. The number of methoxy groups -OCH3 is 1. The summed E-state index contributed by atoms with van der Waals surface area (Å²) in [4.78, 5) is 33.0. The van der Waals surface area contributed by atoms with Crippen molar-refractivity contribution < 1.29 is 19.2 Å². The zero-order chi connectivity index (χ0) is 19.4. The molecule has 1 aliphatic heterocycles. The number of nitro benzene ring substituents is 1. The zero-order valence-corrected chi connectivity index (χ0v) is 15.3. The average Bonchev–Trinajstić information content (AvgIpc) is 2.67. The van der Waals surface area contributed by atoms with E-state index in [1.165, 1.54) is 36.4 Å². The van der Waals surface area contributed by atoms with Gasteiger partial charge in [-0.3, -0.25) is 14.9 Å². The maximum Gasteiger partial charge on any atom is 0.319 e. The van der Waals surface area contributed by atoms with Crippen LogP contribution in [-0.2, 0) is 0 Å². The first kappa shape index (κ1) is 18.8. The minimum atomic E-state index is -0.589. The molecule has 0 N–H and O–H groups in total. The predicted octanol–water partition coefficient (Wildman–Crippen LogP) is 2.73. The maximum absolute atomic E-state index is 12.8. The highest BCUT2D eigenvalue weighted by Crippen LogP contribution is 2.26. The molecule has 2 heterocycles. The van der Waals surface area contributed by atoms with Crippen LogP contribution in [0.15, 0.2) is 30.5 Å². The third kappa shape index (κ3) is 4.43. The average molecular weight is 393 g/mol. The summed E-state index contributed by atoms with van der Waals surface area (Å²) in [6.07, 6.45) is 2.66. The lowest BCUT2D eigenvalue weighted by Gasteiger charge is -2.32. The van der Waals surface area contributed by atoms with E-state index in [1.807, 2.05) is 0 Å². The van der Waals surface area contributed by atoms with Gasteiger partial charge < -0.3 is 14.4 Å². The van der Waals surface area contributed by atoms with E-state index in [9.17, 15) is 14.9 Å². The molecular weight excluding hydrogens is 376 g/mol. The van der Waals surface area contributed by atoms with Crippen LogP contribution in [0.3, 0.4) is 0 Å². The first-order valence-electron chi connectivity index (χ1n) is 8.25. The fourth-order valence-corrected chi connectivity index (χ4v) is 3.06. The molecule has 1 fully saturated rings. The molecule has 10 heteroatoms. The van der Waals surface area contributed by atoms with E-state index in [1.54, 1.807) is 6.07 Å². The van der Waals surface area contributed by atoms with Crippen molar-refractivity contribution in [2.24, 2.45) is 0 Å². The van der Waals surface area contributed by atoms with E-state index in [-0.39, 0.29) is 34.9 Å². The van der Waals surface area contributed by atoms with Gasteiger partial charge in [-0.15, -0.1) is 0 Å². The van der Waals surface area contributed by atoms with Crippen molar-refractivity contribution in [3.8, 4) is 11.9 Å². The smallest absolute Gasteiger partial charge is 0.319 e. The van der Waals surface area contributed by atoms with Gasteiger partial charge in [0.2, 0.25) is 5.88 Å². The molecule has 0 aliphatic carbocycles. The molecule has 0 saturated carbocycles. The van der Waals surface area contributed by atoms with E-state index < -0.39 is 10.8 Å². The molecule has 1 amide bonds. The van der Waals surface area contributed by atoms with Crippen molar-refractivity contribution in [1.82, 2.24) is 14.9 Å². The van der Waals surface area contributed by atoms with Gasteiger partial charge in [0, 0.05) is 29.9 Å². The molecule has 142 valence electrons. The fraction of sp³-hybridized carbons (Fsp3) is 0.353. The number of rotatable bonds is 5. The van der Waals surface area contributed by atoms with Gasteiger partial charge in [-0.2, -0.15) is 4.98 Å². The Balaban J connectivity index is 1.75. The highest BCUT2D eigenvalue weighted by atomic mass is 35.5. The third-order valence-electron chi connectivity index (χ3n) is 4.13. The van der Waals surface area contributed by atoms with Crippen LogP contribution in [0.4, 0.5) is 5.69 Å². The molecule has 1 aromatic heterocycles. The molecule has 0 spiro atoms. The van der Waals surface area contributed by atoms with E-state index in [0.29, 0.717) is 18.8 Å². The number of carbonyl (C=O) groups excluding carboxylic acids is 1. The Bertz CT molecular complexity index is 863. The van der Waals surface area contributed by atoms with Gasteiger partial charge >= 0.3 is 6.01 Å². The number of halogens is 1. The van der Waals surface area contributed by atoms with Crippen LogP contribution < -0.4 is 9.47 Å². The summed E-state index contributed by atoms with van der Waals surface area (Å²) < 4.78 is 10.8. The molecule has 0 radical (unpaired) electrons. The van der Waals surface area contributed by atoms with Crippen LogP contribution in [0.1, 0.15) is 23.2 Å². The number of likely N-dealkylation sites (tertiary alicyclic amines) is 1. The van der Waals surface area contributed by atoms with Crippen molar-refractivity contribution in [3.63, 3.8) is 0 Å². The van der Waals surface area contributed by atoms with Crippen molar-refractivity contribution in [2.75, 3.05) is 20.2 Å². The Morgan fingerprint density at radius 2 is 2.22 bits per heavy atom. The molecule has 1 aromatic carbocycles. The molecule has 1 unspecified atom stereocenters. The van der Waals surface area contributed by atoms with Gasteiger partial charge in [0.25, 0.3) is 11.6 Å². The van der Waals surface area contributed by atoms with E-state index in [0.717, 1.165) is 6.42 Å². The van der Waals surface area contributed by atoms with Crippen LogP contribution >= 0.6 is 11.6 Å². The normalized spacial score (nSPS) is 16.7. The monoisotopic (exact) mass is 392 g/mol. The van der Waals surface area contributed by atoms with Crippen LogP contribution in [0.2, 0.25) is 5.02 Å². The number of piperidine rings is 1. The lowest BCUT2D eigenvalue weighted by atomic mass is 10.1. The molecular formula is C17H17ClN4O5. The lowest BCUT2D eigenvalue weighted by Crippen LogP contribution is -2.44. The molecule has 3 rings (SSSR count). The van der Waals surface area contributed by atoms with Gasteiger partial charge in [-0.25, -0.2) is 4.98 Å². The van der Waals surface area contributed by atoms with E-state index in [4.69, 9.17) is 21.1 Å². The second-order valence-corrected chi connectivity index (χ2v) is 6.37. The summed E-state index contributed by atoms with van der Waals surface area (Å²) in [6, 6.07) is 5.74. The van der Waals surface area contributed by atoms with Crippen LogP contribution in [0.5, 0.6) is 11.9 Å². The standard InChI is InChI=1S/C17H17ClN4O5/c1-26-17-19-7-6-15(20-17)27-12-3-2-8-21(10-12)16(23)13-9-11(18)4-5-14(13)22(24)25/h4-7,9,12H,2-3,8,10H2,1H3. The number of amides is 1. The van der Waals surface area contributed by atoms with Gasteiger partial charge in [0.15, 0.2) is 0 Å². The van der Waals surface area contributed by atoms with Gasteiger partial charge in [-0.05, 0) is 25.0 Å². The van der Waals surface area contributed by atoms with E-state index in [2.05, 4.69) is 9.97 Å². The molecule has 1 atom stereocenters. The highest BCUT2D eigenvalue weighted by molar-refractivity contribution is 6.31. The summed E-state index contributed by atoms with van der Waals surface area (Å²) in [5, 5.41) is 11.5. The minimum Gasteiger partial charge on any atom is -0.472 e. The van der Waals surface area contributed by atoms with E-state index >= 15 is 0 Å². The Hall–Kier alpha value is -2.94. The molecule has 0 bridgehead atoms. The quantitative estimate of drug-likeness (QED) is 0.568. The van der Waals surface area contributed by atoms with Crippen LogP contribution in [-0.4, -0.2) is 52.0 Å².